The molecule has 0 spiro atoms. The monoisotopic (exact) mass is 252 g/mol. The molecule has 0 saturated carbocycles. The molecule has 3 rings (SSSR count). The van der Waals surface area contributed by atoms with Crippen molar-refractivity contribution < 1.29 is 9.53 Å². The first kappa shape index (κ1) is 12.0. The first-order chi connectivity index (χ1) is 9.24. The maximum absolute atomic E-state index is 12.3. The van der Waals surface area contributed by atoms with Crippen molar-refractivity contribution in [3.8, 4) is 5.75 Å². The average molecular weight is 252 g/mol. The van der Waals surface area contributed by atoms with Crippen molar-refractivity contribution in [3.05, 3.63) is 65.2 Å². The van der Waals surface area contributed by atoms with Gasteiger partial charge in [0, 0.05) is 12.8 Å². The summed E-state index contributed by atoms with van der Waals surface area (Å²) in [6.45, 7) is 2.03. The van der Waals surface area contributed by atoms with Crippen LogP contribution in [0.5, 0.6) is 5.75 Å². The predicted octanol–water partition coefficient (Wildman–Crippen LogP) is 3.11. The Balaban J connectivity index is 1.72. The van der Waals surface area contributed by atoms with Gasteiger partial charge < -0.3 is 4.74 Å². The Kier molecular flexibility index (Phi) is 3.08. The van der Waals surface area contributed by atoms with Gasteiger partial charge >= 0.3 is 0 Å². The number of carbonyl (C=O) groups excluding carboxylic acids is 1. The third kappa shape index (κ3) is 2.39. The number of hydrogen-bond acceptors (Lipinski definition) is 2. The average Bonchev–Trinajstić information content (AvgIpc) is 2.85. The van der Waals surface area contributed by atoms with Crippen LogP contribution >= 0.6 is 0 Å². The minimum atomic E-state index is -0.322. The topological polar surface area (TPSA) is 26.3 Å². The maximum Gasteiger partial charge on any atom is 0.177 e. The summed E-state index contributed by atoms with van der Waals surface area (Å²) in [5.74, 6) is 1.01. The van der Waals surface area contributed by atoms with Crippen LogP contribution in [0.4, 0.5) is 0 Å². The summed E-state index contributed by atoms with van der Waals surface area (Å²) in [5.41, 5.74) is 3.38. The number of ether oxygens (including phenoxy) is 1. The van der Waals surface area contributed by atoms with Gasteiger partial charge in [-0.3, -0.25) is 4.79 Å². The van der Waals surface area contributed by atoms with Gasteiger partial charge in [-0.15, -0.1) is 0 Å². The van der Waals surface area contributed by atoms with Gasteiger partial charge in [0.05, 0.1) is 0 Å². The number of hydrogen-bond donors (Lipinski definition) is 0. The van der Waals surface area contributed by atoms with E-state index >= 15 is 0 Å². The van der Waals surface area contributed by atoms with Crippen molar-refractivity contribution >= 4 is 5.78 Å². The highest BCUT2D eigenvalue weighted by atomic mass is 16.5. The van der Waals surface area contributed by atoms with Crippen LogP contribution in [0.1, 0.15) is 16.7 Å². The van der Waals surface area contributed by atoms with Crippen molar-refractivity contribution in [1.82, 2.24) is 0 Å². The summed E-state index contributed by atoms with van der Waals surface area (Å²) in [4.78, 5) is 12.3. The first-order valence-corrected chi connectivity index (χ1v) is 6.56. The van der Waals surface area contributed by atoms with E-state index in [2.05, 4.69) is 0 Å². The van der Waals surface area contributed by atoms with Crippen molar-refractivity contribution in [2.75, 3.05) is 0 Å². The largest absolute Gasteiger partial charge is 0.482 e. The third-order valence-electron chi connectivity index (χ3n) is 3.63. The molecule has 2 aromatic rings. The Morgan fingerprint density at radius 3 is 2.68 bits per heavy atom. The lowest BCUT2D eigenvalue weighted by Gasteiger charge is -2.10. The molecule has 1 aliphatic rings. The zero-order valence-corrected chi connectivity index (χ0v) is 10.9. The van der Waals surface area contributed by atoms with Gasteiger partial charge in [0.1, 0.15) is 5.75 Å². The van der Waals surface area contributed by atoms with Crippen LogP contribution in [-0.2, 0) is 17.6 Å². The molecule has 0 fully saturated rings. The van der Waals surface area contributed by atoms with Crippen molar-refractivity contribution in [2.45, 2.75) is 25.9 Å². The Bertz CT molecular complexity index is 591. The number of rotatable bonds is 3. The van der Waals surface area contributed by atoms with Crippen LogP contribution in [0.3, 0.4) is 0 Å². The molecule has 0 saturated heterocycles. The van der Waals surface area contributed by atoms with Crippen molar-refractivity contribution in [2.24, 2.45) is 0 Å². The molecule has 0 aliphatic carbocycles. The van der Waals surface area contributed by atoms with Crippen molar-refractivity contribution in [1.29, 1.82) is 0 Å². The van der Waals surface area contributed by atoms with Crippen LogP contribution in [-0.4, -0.2) is 11.9 Å². The standard InChI is InChI=1S/C17H16O2/c1-12-6-2-3-7-13(12)10-15(18)17-11-14-8-4-5-9-16(14)19-17/h2-9,17H,10-11H2,1H3. The van der Waals surface area contributed by atoms with Crippen LogP contribution < -0.4 is 4.74 Å². The van der Waals surface area contributed by atoms with Gasteiger partial charge in [-0.1, -0.05) is 42.5 Å². The summed E-state index contributed by atoms with van der Waals surface area (Å²) < 4.78 is 5.73. The lowest BCUT2D eigenvalue weighted by atomic mass is 9.99. The smallest absolute Gasteiger partial charge is 0.177 e. The van der Waals surface area contributed by atoms with E-state index in [9.17, 15) is 4.79 Å². The second kappa shape index (κ2) is 4.88. The highest BCUT2D eigenvalue weighted by Crippen LogP contribution is 2.29. The second-order valence-corrected chi connectivity index (χ2v) is 4.99. The summed E-state index contributed by atoms with van der Waals surface area (Å²) in [6.07, 6.45) is 0.823. The molecule has 0 N–H and O–H groups in total. The summed E-state index contributed by atoms with van der Waals surface area (Å²) in [6, 6.07) is 15.9. The van der Waals surface area contributed by atoms with Crippen LogP contribution in [0, 0.1) is 6.92 Å². The van der Waals surface area contributed by atoms with Gasteiger partial charge in [0.2, 0.25) is 0 Å². The van der Waals surface area contributed by atoms with E-state index in [-0.39, 0.29) is 11.9 Å². The third-order valence-corrected chi connectivity index (χ3v) is 3.63. The Morgan fingerprint density at radius 1 is 1.16 bits per heavy atom. The molecule has 2 heteroatoms. The molecular weight excluding hydrogens is 236 g/mol. The number of fused-ring (bicyclic) bond motifs is 1. The zero-order chi connectivity index (χ0) is 13.2. The summed E-state index contributed by atoms with van der Waals surface area (Å²) in [5, 5.41) is 0. The quantitative estimate of drug-likeness (QED) is 0.839. The van der Waals surface area contributed by atoms with E-state index in [4.69, 9.17) is 4.74 Å². The molecule has 1 heterocycles. The fourth-order valence-corrected chi connectivity index (χ4v) is 2.47. The van der Waals surface area contributed by atoms with E-state index in [0.717, 1.165) is 22.4 Å². The molecule has 1 aliphatic heterocycles. The molecule has 0 amide bonds. The number of Topliss-reactive ketones (excluding diaryl/α,β-unsaturated/α-hetero) is 1. The predicted molar refractivity (Wildman–Crippen MR) is 74.5 cm³/mol. The van der Waals surface area contributed by atoms with Crippen LogP contribution in [0.25, 0.3) is 0 Å². The number of benzene rings is 2. The molecule has 1 unspecified atom stereocenters. The Labute approximate surface area is 113 Å². The minimum Gasteiger partial charge on any atom is -0.482 e. The van der Waals surface area contributed by atoms with Crippen LogP contribution in [0.15, 0.2) is 48.5 Å². The van der Waals surface area contributed by atoms with E-state index in [1.807, 2.05) is 55.5 Å². The van der Waals surface area contributed by atoms with E-state index in [1.165, 1.54) is 0 Å². The van der Waals surface area contributed by atoms with E-state index in [1.54, 1.807) is 0 Å². The van der Waals surface area contributed by atoms with Gasteiger partial charge in [-0.2, -0.15) is 0 Å². The Morgan fingerprint density at radius 2 is 1.89 bits per heavy atom. The normalized spacial score (nSPS) is 16.8. The Hall–Kier alpha value is -2.09. The van der Waals surface area contributed by atoms with Gasteiger partial charge in [0.25, 0.3) is 0 Å². The molecule has 1 atom stereocenters. The van der Waals surface area contributed by atoms with Gasteiger partial charge in [-0.25, -0.2) is 0 Å². The molecule has 2 aromatic carbocycles. The fourth-order valence-electron chi connectivity index (χ4n) is 2.47. The first-order valence-electron chi connectivity index (χ1n) is 6.56. The summed E-state index contributed by atoms with van der Waals surface area (Å²) in [7, 11) is 0. The van der Waals surface area contributed by atoms with Gasteiger partial charge in [-0.05, 0) is 29.7 Å². The van der Waals surface area contributed by atoms with Gasteiger partial charge in [0.15, 0.2) is 11.9 Å². The maximum atomic E-state index is 12.3. The zero-order valence-electron chi connectivity index (χ0n) is 10.9. The number of aryl methyl sites for hydroxylation is 1. The van der Waals surface area contributed by atoms with Crippen LogP contribution in [0.2, 0.25) is 0 Å². The second-order valence-electron chi connectivity index (χ2n) is 4.99. The molecule has 0 aromatic heterocycles. The number of carbonyl (C=O) groups is 1. The molecule has 2 nitrogen and oxygen atoms in total. The fraction of sp³-hybridized carbons (Fsp3) is 0.235. The minimum absolute atomic E-state index is 0.158. The SMILES string of the molecule is Cc1ccccc1CC(=O)C1Cc2ccccc2O1. The number of para-hydroxylation sites is 1. The van der Waals surface area contributed by atoms with Crippen molar-refractivity contribution in [3.63, 3.8) is 0 Å². The number of ketones is 1. The van der Waals surface area contributed by atoms with E-state index < -0.39 is 0 Å². The highest BCUT2D eigenvalue weighted by Gasteiger charge is 2.28. The molecule has 96 valence electrons. The summed E-state index contributed by atoms with van der Waals surface area (Å²) >= 11 is 0. The molecular formula is C17H16O2. The molecule has 0 radical (unpaired) electrons. The highest BCUT2D eigenvalue weighted by molar-refractivity contribution is 5.86. The lowest BCUT2D eigenvalue weighted by molar-refractivity contribution is -0.124. The van der Waals surface area contributed by atoms with E-state index in [0.29, 0.717) is 12.8 Å². The molecule has 19 heavy (non-hydrogen) atoms. The molecule has 0 bridgehead atoms. The lowest BCUT2D eigenvalue weighted by Crippen LogP contribution is -2.27.